The van der Waals surface area contributed by atoms with E-state index in [-0.39, 0.29) is 13.1 Å². The van der Waals surface area contributed by atoms with Crippen molar-refractivity contribution in [3.8, 4) is 0 Å². The van der Waals surface area contributed by atoms with Gasteiger partial charge in [-0.25, -0.2) is 4.39 Å². The Morgan fingerprint density at radius 2 is 1.90 bits per heavy atom. The molecule has 20 heavy (non-hydrogen) atoms. The van der Waals surface area contributed by atoms with Crippen molar-refractivity contribution in [1.29, 1.82) is 0 Å². The Bertz CT molecular complexity index is 462. The monoisotopic (exact) mass is 292 g/mol. The highest BCUT2D eigenvalue weighted by Crippen LogP contribution is 2.15. The molecule has 0 unspecified atom stereocenters. The molecule has 0 saturated carbocycles. The molecule has 0 heterocycles. The normalized spacial score (nSPS) is 11.8. The fourth-order valence-corrected chi connectivity index (χ4v) is 1.71. The van der Waals surface area contributed by atoms with Crippen molar-refractivity contribution in [3.63, 3.8) is 0 Å². The molecule has 3 nitrogen and oxygen atoms in total. The van der Waals surface area contributed by atoms with Crippen LogP contribution in [0.15, 0.2) is 24.3 Å². The predicted octanol–water partition coefficient (Wildman–Crippen LogP) is 2.28. The van der Waals surface area contributed by atoms with Gasteiger partial charge in [-0.1, -0.05) is 12.1 Å². The molecule has 0 aliphatic heterocycles. The van der Waals surface area contributed by atoms with Crippen molar-refractivity contribution in [2.24, 2.45) is 0 Å². The molecule has 1 amide bonds. The minimum atomic E-state index is -4.41. The second-order valence-electron chi connectivity index (χ2n) is 4.67. The number of rotatable bonds is 5. The third kappa shape index (κ3) is 6.01. The molecule has 1 rings (SSSR count). The number of benzene rings is 1. The van der Waals surface area contributed by atoms with E-state index in [0.717, 1.165) is 7.05 Å². The van der Waals surface area contributed by atoms with Crippen molar-refractivity contribution < 1.29 is 22.4 Å². The first-order valence-corrected chi connectivity index (χ1v) is 5.91. The molecule has 0 radical (unpaired) electrons. The van der Waals surface area contributed by atoms with Crippen LogP contribution in [0.1, 0.15) is 5.56 Å². The van der Waals surface area contributed by atoms with Crippen molar-refractivity contribution in [3.05, 3.63) is 35.6 Å². The summed E-state index contributed by atoms with van der Waals surface area (Å²) < 4.78 is 49.4. The smallest absolute Gasteiger partial charge is 0.336 e. The van der Waals surface area contributed by atoms with Crippen molar-refractivity contribution >= 4 is 5.91 Å². The lowest BCUT2D eigenvalue weighted by Crippen LogP contribution is -2.41. The lowest BCUT2D eigenvalue weighted by atomic mass is 10.2. The van der Waals surface area contributed by atoms with Crippen LogP contribution < -0.4 is 0 Å². The van der Waals surface area contributed by atoms with Gasteiger partial charge in [-0.2, -0.15) is 13.2 Å². The molecule has 1 aromatic rings. The molecule has 0 bridgehead atoms. The molecule has 0 aromatic heterocycles. The summed E-state index contributed by atoms with van der Waals surface area (Å²) in [5, 5.41) is 0. The predicted molar refractivity (Wildman–Crippen MR) is 66.4 cm³/mol. The van der Waals surface area contributed by atoms with Crippen LogP contribution in [0.25, 0.3) is 0 Å². The standard InChI is InChI=1S/C13H16F4N2O/c1-18(7-10-4-3-5-11(14)6-10)8-12(20)19(2)9-13(15,16)17/h3-6H,7-9H2,1-2H3. The van der Waals surface area contributed by atoms with Crippen LogP contribution in [0.2, 0.25) is 0 Å². The zero-order chi connectivity index (χ0) is 15.3. The fourth-order valence-electron chi connectivity index (χ4n) is 1.71. The molecule has 0 spiro atoms. The molecule has 0 fully saturated rings. The second-order valence-corrected chi connectivity index (χ2v) is 4.67. The average Bonchev–Trinajstić information content (AvgIpc) is 2.26. The van der Waals surface area contributed by atoms with Crippen molar-refractivity contribution in [1.82, 2.24) is 9.80 Å². The highest BCUT2D eigenvalue weighted by molar-refractivity contribution is 5.78. The lowest BCUT2D eigenvalue weighted by molar-refractivity contribution is -0.158. The van der Waals surface area contributed by atoms with Gasteiger partial charge >= 0.3 is 6.18 Å². The summed E-state index contributed by atoms with van der Waals surface area (Å²) in [5.41, 5.74) is 0.652. The van der Waals surface area contributed by atoms with Crippen LogP contribution in [0.5, 0.6) is 0 Å². The van der Waals surface area contributed by atoms with E-state index in [9.17, 15) is 22.4 Å². The van der Waals surface area contributed by atoms with E-state index in [1.807, 2.05) is 0 Å². The van der Waals surface area contributed by atoms with E-state index in [2.05, 4.69) is 0 Å². The van der Waals surface area contributed by atoms with E-state index < -0.39 is 24.4 Å². The fraction of sp³-hybridized carbons (Fsp3) is 0.462. The number of carbonyl (C=O) groups excluding carboxylic acids is 1. The highest BCUT2D eigenvalue weighted by atomic mass is 19.4. The summed E-state index contributed by atoms with van der Waals surface area (Å²) in [6.07, 6.45) is -4.41. The summed E-state index contributed by atoms with van der Waals surface area (Å²) in [4.78, 5) is 13.8. The number of hydrogen-bond acceptors (Lipinski definition) is 2. The minimum Gasteiger partial charge on any atom is -0.336 e. The highest BCUT2D eigenvalue weighted by Gasteiger charge is 2.31. The van der Waals surface area contributed by atoms with Crippen LogP contribution >= 0.6 is 0 Å². The minimum absolute atomic E-state index is 0.164. The molecule has 0 aliphatic rings. The van der Waals surface area contributed by atoms with Gasteiger partial charge in [0.25, 0.3) is 0 Å². The van der Waals surface area contributed by atoms with Crippen LogP contribution in [0.3, 0.4) is 0 Å². The first-order valence-electron chi connectivity index (χ1n) is 5.91. The maximum Gasteiger partial charge on any atom is 0.406 e. The Balaban J connectivity index is 2.49. The Morgan fingerprint density at radius 1 is 1.25 bits per heavy atom. The van der Waals surface area contributed by atoms with E-state index in [1.165, 1.54) is 23.1 Å². The van der Waals surface area contributed by atoms with Gasteiger partial charge < -0.3 is 4.90 Å². The molecule has 0 N–H and O–H groups in total. The Morgan fingerprint density at radius 3 is 2.45 bits per heavy atom. The molecular weight excluding hydrogens is 276 g/mol. The number of amides is 1. The van der Waals surface area contributed by atoms with Crippen LogP contribution in [0.4, 0.5) is 17.6 Å². The number of carbonyl (C=O) groups is 1. The molecule has 7 heteroatoms. The lowest BCUT2D eigenvalue weighted by Gasteiger charge is -2.22. The van der Waals surface area contributed by atoms with Gasteiger partial charge in [-0.3, -0.25) is 9.69 Å². The number of likely N-dealkylation sites (N-methyl/N-ethyl adjacent to an activating group) is 2. The molecule has 0 aliphatic carbocycles. The maximum absolute atomic E-state index is 13.0. The van der Waals surface area contributed by atoms with Gasteiger partial charge in [-0.15, -0.1) is 0 Å². The quantitative estimate of drug-likeness (QED) is 0.777. The Labute approximate surface area is 114 Å². The first kappa shape index (κ1) is 16.4. The summed E-state index contributed by atoms with van der Waals surface area (Å²) in [5.74, 6) is -1.03. The van der Waals surface area contributed by atoms with Crippen LogP contribution in [0, 0.1) is 5.82 Å². The van der Waals surface area contributed by atoms with E-state index in [0.29, 0.717) is 10.5 Å². The van der Waals surface area contributed by atoms with Gasteiger partial charge in [0.2, 0.25) is 5.91 Å². The number of alkyl halides is 3. The number of hydrogen-bond donors (Lipinski definition) is 0. The molecule has 0 atom stereocenters. The van der Waals surface area contributed by atoms with Gasteiger partial charge in [0.15, 0.2) is 0 Å². The molecule has 112 valence electrons. The largest absolute Gasteiger partial charge is 0.406 e. The third-order valence-electron chi connectivity index (χ3n) is 2.59. The first-order chi connectivity index (χ1) is 9.17. The second kappa shape index (κ2) is 6.69. The molecule has 0 saturated heterocycles. The zero-order valence-electron chi connectivity index (χ0n) is 11.2. The van der Waals surface area contributed by atoms with E-state index in [1.54, 1.807) is 13.1 Å². The van der Waals surface area contributed by atoms with Gasteiger partial charge in [-0.05, 0) is 24.7 Å². The number of nitrogens with zero attached hydrogens (tertiary/aromatic N) is 2. The summed E-state index contributed by atoms with van der Waals surface area (Å²) in [6.45, 7) is -1.16. The average molecular weight is 292 g/mol. The Kier molecular flexibility index (Phi) is 5.50. The molecular formula is C13H16F4N2O. The third-order valence-corrected chi connectivity index (χ3v) is 2.59. The topological polar surface area (TPSA) is 23.6 Å². The van der Waals surface area contributed by atoms with E-state index >= 15 is 0 Å². The van der Waals surface area contributed by atoms with Crippen LogP contribution in [-0.4, -0.2) is 49.1 Å². The molecule has 1 aromatic carbocycles. The Hall–Kier alpha value is -1.63. The van der Waals surface area contributed by atoms with Gasteiger partial charge in [0.1, 0.15) is 12.4 Å². The maximum atomic E-state index is 13.0. The number of halogens is 4. The SMILES string of the molecule is CN(CC(=O)N(C)CC(F)(F)F)Cc1cccc(F)c1. The summed E-state index contributed by atoms with van der Waals surface area (Å²) >= 11 is 0. The van der Waals surface area contributed by atoms with Gasteiger partial charge in [0.05, 0.1) is 6.54 Å². The summed E-state index contributed by atoms with van der Waals surface area (Å²) in [6, 6.07) is 5.84. The van der Waals surface area contributed by atoms with Crippen molar-refractivity contribution in [2.75, 3.05) is 27.2 Å². The summed E-state index contributed by atoms with van der Waals surface area (Å²) in [7, 11) is 2.69. The zero-order valence-corrected chi connectivity index (χ0v) is 11.2. The van der Waals surface area contributed by atoms with Crippen molar-refractivity contribution in [2.45, 2.75) is 12.7 Å². The van der Waals surface area contributed by atoms with Crippen LogP contribution in [-0.2, 0) is 11.3 Å². The van der Waals surface area contributed by atoms with Gasteiger partial charge in [0, 0.05) is 13.6 Å². The van der Waals surface area contributed by atoms with E-state index in [4.69, 9.17) is 0 Å².